The Balaban J connectivity index is 4.35. The van der Waals surface area contributed by atoms with Crippen LogP contribution in [0, 0.1) is 11.8 Å². The molecule has 0 fully saturated rings. The van der Waals surface area contributed by atoms with Gasteiger partial charge in [-0.25, -0.2) is 0 Å². The maximum atomic E-state index is 11.3. The molecule has 5 nitrogen and oxygen atoms in total. The third kappa shape index (κ3) is 5.61. The summed E-state index contributed by atoms with van der Waals surface area (Å²) in [5.74, 6) is -2.13. The lowest BCUT2D eigenvalue weighted by atomic mass is 10.0. The van der Waals surface area contributed by atoms with E-state index in [1.807, 2.05) is 6.92 Å². The van der Waals surface area contributed by atoms with Gasteiger partial charge in [-0.2, -0.15) is 0 Å². The first-order valence-corrected chi connectivity index (χ1v) is 5.75. The summed E-state index contributed by atoms with van der Waals surface area (Å²) >= 11 is 0. The largest absolute Gasteiger partial charge is 0.468 e. The van der Waals surface area contributed by atoms with E-state index in [-0.39, 0.29) is 18.1 Å². The highest BCUT2D eigenvalue weighted by Crippen LogP contribution is 2.11. The van der Waals surface area contributed by atoms with Crippen LogP contribution >= 0.6 is 0 Å². The SMILES string of the molecule is COC(=O)C(C/C=C/CC(C)C(C)=O)C(=O)OC. The minimum absolute atomic E-state index is 0.0593. The summed E-state index contributed by atoms with van der Waals surface area (Å²) in [4.78, 5) is 33.7. The molecule has 0 aromatic carbocycles. The van der Waals surface area contributed by atoms with Gasteiger partial charge in [-0.3, -0.25) is 14.4 Å². The number of allylic oxidation sites excluding steroid dienone is 2. The highest BCUT2D eigenvalue weighted by atomic mass is 16.5. The molecule has 0 saturated heterocycles. The van der Waals surface area contributed by atoms with E-state index in [0.717, 1.165) is 0 Å². The van der Waals surface area contributed by atoms with E-state index in [4.69, 9.17) is 0 Å². The molecule has 0 radical (unpaired) electrons. The number of hydrogen-bond donors (Lipinski definition) is 0. The molecule has 0 N–H and O–H groups in total. The Morgan fingerprint density at radius 2 is 1.44 bits per heavy atom. The van der Waals surface area contributed by atoms with E-state index in [9.17, 15) is 14.4 Å². The van der Waals surface area contributed by atoms with Crippen molar-refractivity contribution < 1.29 is 23.9 Å². The molecule has 0 aliphatic carbocycles. The number of Topliss-reactive ketones (excluding diaryl/α,β-unsaturated/α-hetero) is 1. The van der Waals surface area contributed by atoms with Crippen molar-refractivity contribution in [1.82, 2.24) is 0 Å². The number of carbonyl (C=O) groups is 3. The maximum Gasteiger partial charge on any atom is 0.320 e. The Kier molecular flexibility index (Phi) is 7.67. The minimum atomic E-state index is -0.941. The molecule has 0 spiro atoms. The lowest BCUT2D eigenvalue weighted by molar-refractivity contribution is -0.158. The smallest absolute Gasteiger partial charge is 0.320 e. The molecule has 0 aliphatic heterocycles. The van der Waals surface area contributed by atoms with Gasteiger partial charge in [0.05, 0.1) is 14.2 Å². The number of hydrogen-bond acceptors (Lipinski definition) is 5. The van der Waals surface area contributed by atoms with E-state index in [0.29, 0.717) is 6.42 Å². The van der Waals surface area contributed by atoms with Crippen LogP contribution in [0.5, 0.6) is 0 Å². The fourth-order valence-electron chi connectivity index (χ4n) is 1.27. The molecule has 102 valence electrons. The van der Waals surface area contributed by atoms with E-state index in [1.54, 1.807) is 12.2 Å². The Morgan fingerprint density at radius 3 is 1.83 bits per heavy atom. The third-order valence-electron chi connectivity index (χ3n) is 2.69. The zero-order valence-corrected chi connectivity index (χ0v) is 11.3. The minimum Gasteiger partial charge on any atom is -0.468 e. The molecule has 0 rings (SSSR count). The molecule has 0 saturated carbocycles. The molecule has 0 amide bonds. The predicted octanol–water partition coefficient (Wildman–Crippen LogP) is 1.51. The van der Waals surface area contributed by atoms with Crippen LogP contribution in [0.1, 0.15) is 26.7 Å². The Bertz CT molecular complexity index is 316. The molecule has 5 heteroatoms. The van der Waals surface area contributed by atoms with Gasteiger partial charge < -0.3 is 9.47 Å². The molecule has 18 heavy (non-hydrogen) atoms. The Labute approximate surface area is 107 Å². The van der Waals surface area contributed by atoms with E-state index < -0.39 is 17.9 Å². The lowest BCUT2D eigenvalue weighted by Crippen LogP contribution is -2.25. The number of ketones is 1. The molecular formula is C13H20O5. The molecule has 0 aliphatic rings. The van der Waals surface area contributed by atoms with E-state index >= 15 is 0 Å². The van der Waals surface area contributed by atoms with Crippen LogP contribution in [0.4, 0.5) is 0 Å². The second-order valence-electron chi connectivity index (χ2n) is 4.05. The number of esters is 2. The predicted molar refractivity (Wildman–Crippen MR) is 65.7 cm³/mol. The van der Waals surface area contributed by atoms with Crippen molar-refractivity contribution >= 4 is 17.7 Å². The normalized spacial score (nSPS) is 12.5. The first-order chi connectivity index (χ1) is 8.43. The third-order valence-corrected chi connectivity index (χ3v) is 2.69. The van der Waals surface area contributed by atoms with Gasteiger partial charge in [0.2, 0.25) is 0 Å². The zero-order valence-electron chi connectivity index (χ0n) is 11.3. The van der Waals surface area contributed by atoms with Crippen molar-refractivity contribution in [2.45, 2.75) is 26.7 Å². The lowest BCUT2D eigenvalue weighted by Gasteiger charge is -2.09. The average molecular weight is 256 g/mol. The topological polar surface area (TPSA) is 69.7 Å². The zero-order chi connectivity index (χ0) is 14.1. The molecular weight excluding hydrogens is 236 g/mol. The Morgan fingerprint density at radius 1 is 1.00 bits per heavy atom. The van der Waals surface area contributed by atoms with Crippen LogP contribution in [-0.2, 0) is 23.9 Å². The summed E-state index contributed by atoms with van der Waals surface area (Å²) in [6.07, 6.45) is 4.28. The average Bonchev–Trinajstić information content (AvgIpc) is 2.36. The van der Waals surface area contributed by atoms with Crippen molar-refractivity contribution in [2.75, 3.05) is 14.2 Å². The number of rotatable bonds is 7. The first-order valence-electron chi connectivity index (χ1n) is 5.75. The summed E-state index contributed by atoms with van der Waals surface area (Å²) in [6, 6.07) is 0. The fourth-order valence-corrected chi connectivity index (χ4v) is 1.27. The highest BCUT2D eigenvalue weighted by Gasteiger charge is 2.27. The summed E-state index contributed by atoms with van der Waals surface area (Å²) in [5, 5.41) is 0. The quantitative estimate of drug-likeness (QED) is 0.392. The van der Waals surface area contributed by atoms with Crippen molar-refractivity contribution in [2.24, 2.45) is 11.8 Å². The van der Waals surface area contributed by atoms with Gasteiger partial charge in [0.1, 0.15) is 5.78 Å². The summed E-state index contributed by atoms with van der Waals surface area (Å²) in [5.41, 5.74) is 0. The van der Waals surface area contributed by atoms with Crippen LogP contribution in [0.3, 0.4) is 0 Å². The number of methoxy groups -OCH3 is 2. The molecule has 0 bridgehead atoms. The van der Waals surface area contributed by atoms with Gasteiger partial charge in [0.25, 0.3) is 0 Å². The van der Waals surface area contributed by atoms with E-state index in [1.165, 1.54) is 21.1 Å². The van der Waals surface area contributed by atoms with Gasteiger partial charge in [-0.15, -0.1) is 0 Å². The van der Waals surface area contributed by atoms with Gasteiger partial charge in [0, 0.05) is 5.92 Å². The first kappa shape index (κ1) is 16.4. The molecule has 0 aromatic heterocycles. The van der Waals surface area contributed by atoms with Gasteiger partial charge in [-0.1, -0.05) is 19.1 Å². The van der Waals surface area contributed by atoms with Crippen molar-refractivity contribution in [1.29, 1.82) is 0 Å². The monoisotopic (exact) mass is 256 g/mol. The van der Waals surface area contributed by atoms with Crippen LogP contribution in [0.25, 0.3) is 0 Å². The fraction of sp³-hybridized carbons (Fsp3) is 0.615. The van der Waals surface area contributed by atoms with Crippen LogP contribution in [0.15, 0.2) is 12.2 Å². The van der Waals surface area contributed by atoms with Crippen molar-refractivity contribution in [3.63, 3.8) is 0 Å². The number of ether oxygens (including phenoxy) is 2. The molecule has 0 heterocycles. The van der Waals surface area contributed by atoms with E-state index in [2.05, 4.69) is 9.47 Å². The van der Waals surface area contributed by atoms with Crippen molar-refractivity contribution in [3.05, 3.63) is 12.2 Å². The summed E-state index contributed by atoms with van der Waals surface area (Å²) < 4.78 is 9.05. The standard InChI is InChI=1S/C13H20O5/c1-9(10(2)14)7-5-6-8-11(12(15)17-3)13(16)18-4/h5-6,9,11H,7-8H2,1-4H3/b6-5+. The van der Waals surface area contributed by atoms with Crippen LogP contribution in [-0.4, -0.2) is 31.9 Å². The molecule has 1 atom stereocenters. The second kappa shape index (κ2) is 8.44. The Hall–Kier alpha value is -1.65. The summed E-state index contributed by atoms with van der Waals surface area (Å²) in [6.45, 7) is 3.36. The summed E-state index contributed by atoms with van der Waals surface area (Å²) in [7, 11) is 2.44. The molecule has 0 aromatic rings. The second-order valence-corrected chi connectivity index (χ2v) is 4.05. The van der Waals surface area contributed by atoms with Crippen LogP contribution in [0.2, 0.25) is 0 Å². The van der Waals surface area contributed by atoms with Gasteiger partial charge >= 0.3 is 11.9 Å². The number of carbonyl (C=O) groups excluding carboxylic acids is 3. The molecule has 1 unspecified atom stereocenters. The van der Waals surface area contributed by atoms with Crippen molar-refractivity contribution in [3.8, 4) is 0 Å². The highest BCUT2D eigenvalue weighted by molar-refractivity contribution is 5.94. The maximum absolute atomic E-state index is 11.3. The van der Waals surface area contributed by atoms with Crippen LogP contribution < -0.4 is 0 Å². The van der Waals surface area contributed by atoms with Gasteiger partial charge in [0.15, 0.2) is 5.92 Å². The van der Waals surface area contributed by atoms with Gasteiger partial charge in [-0.05, 0) is 19.8 Å².